The second kappa shape index (κ2) is 44.2. The van der Waals surface area contributed by atoms with Crippen molar-refractivity contribution in [2.45, 2.75) is 120 Å². The molecule has 12 aromatic rings. The molecule has 47 heteroatoms. The largest absolute Gasteiger partial charge is 0.494 e. The molecule has 1 unspecified atom stereocenters. The van der Waals surface area contributed by atoms with E-state index in [0.29, 0.717) is 118 Å². The number of ether oxygens (including phenoxy) is 1. The molecular weight excluding hydrogens is 2060 g/mol. The molecule has 8 aliphatic heterocycles. The Bertz CT molecular complexity index is 7270. The summed E-state index contributed by atoms with van der Waals surface area (Å²) in [6.45, 7) is 14.6. The van der Waals surface area contributed by atoms with E-state index in [1.807, 2.05) is 160 Å². The Morgan fingerprint density at radius 3 is 1.48 bits per heavy atom. The maximum Gasteiger partial charge on any atom is 0.266 e. The number of piperidine rings is 3. The minimum atomic E-state index is -3.24. The molecule has 10 N–H and O–H groups in total. The van der Waals surface area contributed by atoms with Crippen LogP contribution in [-0.4, -0.2) is 256 Å². The summed E-state index contributed by atoms with van der Waals surface area (Å²) in [6, 6.07) is 40.7. The first-order valence-corrected chi connectivity index (χ1v) is 57.2. The number of carbonyl (C=O) groups excluding carboxylic acids is 5. The number of amides is 5. The number of fused-ring (bicyclic) bond motifs is 1. The third-order valence-corrected chi connectivity index (χ3v) is 38.1. The number of benzene rings is 4. The van der Waals surface area contributed by atoms with Gasteiger partial charge in [-0.15, -0.1) is 55.5 Å². The number of thiophene rings is 3. The Labute approximate surface area is 884 Å². The van der Waals surface area contributed by atoms with E-state index in [-0.39, 0.29) is 95.1 Å². The van der Waals surface area contributed by atoms with E-state index < -0.39 is 75.5 Å². The number of rotatable bonds is 21. The van der Waals surface area contributed by atoms with Gasteiger partial charge < -0.3 is 37.8 Å². The molecule has 38 nitrogen and oxygen atoms in total. The first kappa shape index (κ1) is 109. The van der Waals surface area contributed by atoms with Crippen LogP contribution in [0.25, 0.3) is 54.9 Å². The Hall–Kier alpha value is -13.2. The highest BCUT2D eigenvalue weighted by molar-refractivity contribution is 7.89. The second-order valence-electron chi connectivity index (χ2n) is 38.3. The minimum Gasteiger partial charge on any atom is -0.494 e. The predicted octanol–water partition coefficient (Wildman–Crippen LogP) is 12.3. The first-order chi connectivity index (χ1) is 70.8. The van der Waals surface area contributed by atoms with Crippen molar-refractivity contribution in [2.24, 2.45) is 83.2 Å². The van der Waals surface area contributed by atoms with Crippen LogP contribution in [0.5, 0.6) is 5.75 Å². The fraction of sp³-hybridized carbons (Fsp3) is 0.382. The van der Waals surface area contributed by atoms with E-state index in [9.17, 15) is 53.6 Å². The average Bonchev–Trinajstić information content (AvgIpc) is 0.824. The van der Waals surface area contributed by atoms with Gasteiger partial charge in [0, 0.05) is 153 Å². The van der Waals surface area contributed by atoms with Crippen molar-refractivity contribution in [3.05, 3.63) is 247 Å². The number of aliphatic imine (C=N–C) groups is 5. The zero-order valence-corrected chi connectivity index (χ0v) is 90.6. The van der Waals surface area contributed by atoms with Gasteiger partial charge in [0.1, 0.15) is 57.0 Å². The van der Waals surface area contributed by atoms with Crippen LogP contribution in [-0.2, 0) is 81.7 Å². The highest BCUT2D eigenvalue weighted by Crippen LogP contribution is 2.53. The van der Waals surface area contributed by atoms with Crippen LogP contribution in [0.4, 0.5) is 4.39 Å². The van der Waals surface area contributed by atoms with Crippen LogP contribution in [0, 0.1) is 35.4 Å². The van der Waals surface area contributed by atoms with Crippen LogP contribution in [0.15, 0.2) is 229 Å². The van der Waals surface area contributed by atoms with E-state index in [4.69, 9.17) is 69.4 Å². The van der Waals surface area contributed by atoms with Crippen molar-refractivity contribution in [1.82, 2.24) is 72.5 Å². The van der Waals surface area contributed by atoms with Gasteiger partial charge in [-0.2, -0.15) is 0 Å². The number of guanidine groups is 5. The Morgan fingerprint density at radius 2 is 0.987 bits per heavy atom. The summed E-state index contributed by atoms with van der Waals surface area (Å²) in [5.41, 5.74) is 35.1. The van der Waals surface area contributed by atoms with Crippen LogP contribution >= 0.6 is 56.9 Å². The third-order valence-electron chi connectivity index (χ3n) is 28.6. The average molecular weight is 2180 g/mol. The van der Waals surface area contributed by atoms with E-state index in [2.05, 4.69) is 40.1 Å². The van der Waals surface area contributed by atoms with E-state index in [1.165, 1.54) is 111 Å². The number of sulfonamides is 3. The Kier molecular flexibility index (Phi) is 32.2. The SMILES string of the molecule is CCOc1cc(F)cc(-c2cnc([C@]3(C)CC(=O)N(C)C(N)=N3)s2)c1.CCS(=O)(=O)N1CCC(CN2C(=O)C(c3ccccc3)(c3ccccc3)N=C2N)CC1.CN1C(=O)C(c2ccc3occc3c2)[C@@](C)(c2cc(-c3ccc(Cl)nn3)cs2)N=C1N.CN1C(=O)[C@@H](C2CCN(S(C)(=O)=O)CC2)[C@@](C)(c2cc(-c3cncnc3)cs2)N=C1N.CN1C(=O)[C@H](C2CCN(S(C)(=O)=O)CC2)[C@@](C)(c2cc(-c3cncnc3)cs2)N=C1N. The Morgan fingerprint density at radius 1 is 0.503 bits per heavy atom. The number of furan rings is 1. The van der Waals surface area contributed by atoms with Gasteiger partial charge in [0.15, 0.2) is 40.5 Å². The van der Waals surface area contributed by atoms with Gasteiger partial charge in [-0.05, 0) is 203 Å². The van der Waals surface area contributed by atoms with Crippen molar-refractivity contribution < 1.29 is 62.8 Å². The highest BCUT2D eigenvalue weighted by Gasteiger charge is 2.56. The molecule has 8 aliphatic rings. The van der Waals surface area contributed by atoms with Crippen LogP contribution in [0.2, 0.25) is 5.15 Å². The summed E-state index contributed by atoms with van der Waals surface area (Å²) >= 11 is 11.8. The molecule has 16 heterocycles. The lowest BCUT2D eigenvalue weighted by atomic mass is 9.71. The van der Waals surface area contributed by atoms with Crippen molar-refractivity contribution in [3.8, 4) is 49.7 Å². The van der Waals surface area contributed by atoms with Crippen molar-refractivity contribution in [2.75, 3.05) is 98.9 Å². The summed E-state index contributed by atoms with van der Waals surface area (Å²) in [7, 11) is -3.14. The predicted molar refractivity (Wildman–Crippen MR) is 576 cm³/mol. The fourth-order valence-electron chi connectivity index (χ4n) is 20.2. The molecule has 4 aromatic carbocycles. The number of thiazole rings is 1. The normalized spacial score (nSPS) is 23.0. The number of nitrogens with two attached hydrogens (primary N) is 5. The number of carbonyl (C=O) groups is 5. The lowest BCUT2D eigenvalue weighted by Crippen LogP contribution is -2.57. The van der Waals surface area contributed by atoms with Crippen LogP contribution in [0.1, 0.15) is 129 Å². The number of likely N-dealkylation sites (N-methyl/N-ethyl adjacent to an activating group) is 1. The Balaban J connectivity index is 0.000000133. The molecule has 0 saturated carbocycles. The number of aromatic nitrogens is 7. The fourth-order valence-corrected chi connectivity index (χ4v) is 27.3. The van der Waals surface area contributed by atoms with Crippen LogP contribution < -0.4 is 33.4 Å². The minimum absolute atomic E-state index is 0.000378. The molecule has 5 amide bonds. The molecule has 149 heavy (non-hydrogen) atoms. The molecule has 3 saturated heterocycles. The van der Waals surface area contributed by atoms with Crippen molar-refractivity contribution >= 4 is 157 Å². The molecule has 784 valence electrons. The highest BCUT2D eigenvalue weighted by atomic mass is 35.5. The summed E-state index contributed by atoms with van der Waals surface area (Å²) < 4.78 is 101. The van der Waals surface area contributed by atoms with Gasteiger partial charge in [-0.3, -0.25) is 48.5 Å². The van der Waals surface area contributed by atoms with E-state index in [0.717, 1.165) is 75.0 Å². The summed E-state index contributed by atoms with van der Waals surface area (Å²) in [5.74, 6) is -0.627. The number of hydrogen-bond acceptors (Lipinski definition) is 34. The third kappa shape index (κ3) is 22.7. The standard InChI is InChI=1S/C23H28N4O3S.C22H18ClN5O2S.2C20H26N6O3S2.C17H19FN4O2S/c1-2-31(29,30)26-15-13-18(14-16-26)17-27-21(28)23(25-22(27)24,19-9-5-3-6-10-19)20-11-7-4-8-12-20;1-22(17-10-14(11-31-17)15-4-6-18(23)27-26-15)19(20(29)28(2)21(24)25-22)13-3-5-16-12(9-13)7-8-30-16;2*1-20(16-8-14(11-30-16)15-9-22-12-23-10-15)17(18(27)25(2)19(21)24-20)13-4-6-26(7-5-13)31(3,28)29;1-4-24-12-6-10(5-11(18)7-12)13-9-20-15(25-13)17(2)8-14(23)22(3)16(19)21-17/h3-12,18H,2,13-17H2,1H3,(H2,24,25);3-11,19H,1-2H3,(H2,24,25);2*8-13,17H,4-7H2,1-3H3,(H2,21,24);5-7,9H,4,8H2,1-3H3,(H2,19,21)/t;19?,22-;17-,20+;17-,20-;17-/m.1010/s1. The molecule has 20 rings (SSSR count). The van der Waals surface area contributed by atoms with Gasteiger partial charge >= 0.3 is 0 Å². The number of nitrogens with zero attached hydrogens (tertiary/aromatic N) is 20. The lowest BCUT2D eigenvalue weighted by Gasteiger charge is -2.45. The lowest BCUT2D eigenvalue weighted by molar-refractivity contribution is -0.138. The molecule has 3 fully saturated rings. The quantitative estimate of drug-likeness (QED) is 0.0446. The van der Waals surface area contributed by atoms with E-state index in [1.54, 1.807) is 93.7 Å². The van der Waals surface area contributed by atoms with E-state index >= 15 is 0 Å². The summed E-state index contributed by atoms with van der Waals surface area (Å²) in [5, 5.41) is 16.0. The number of halogens is 2. The molecule has 8 aromatic heterocycles. The maximum absolute atomic E-state index is 13.8. The molecule has 0 spiro atoms. The molecule has 0 bridgehead atoms. The van der Waals surface area contributed by atoms with Crippen LogP contribution in [0.3, 0.4) is 0 Å². The molecule has 0 aliphatic carbocycles. The van der Waals surface area contributed by atoms with Gasteiger partial charge in [0.2, 0.25) is 53.7 Å². The maximum atomic E-state index is 13.8. The second-order valence-corrected chi connectivity index (χ2v) is 48.7. The van der Waals surface area contributed by atoms with Crippen molar-refractivity contribution in [3.63, 3.8) is 0 Å². The smallest absolute Gasteiger partial charge is 0.266 e. The molecule has 7 atom stereocenters. The molecular formula is C102H117ClFN25O13S7. The first-order valence-electron chi connectivity index (χ1n) is 48.1. The van der Waals surface area contributed by atoms with Crippen molar-refractivity contribution in [1.29, 1.82) is 0 Å². The number of hydrogen-bond donors (Lipinski definition) is 5. The summed E-state index contributed by atoms with van der Waals surface area (Å²) in [4.78, 5) is 121. The van der Waals surface area contributed by atoms with Gasteiger partial charge in [0.05, 0.1) is 65.9 Å². The van der Waals surface area contributed by atoms with Gasteiger partial charge in [0.25, 0.3) is 5.91 Å². The monoisotopic (exact) mass is 2180 g/mol. The zero-order chi connectivity index (χ0) is 107. The topological polar surface area (TPSA) is 518 Å². The van der Waals surface area contributed by atoms with Gasteiger partial charge in [-0.25, -0.2) is 92.4 Å². The molecule has 0 radical (unpaired) electrons. The van der Waals surface area contributed by atoms with Gasteiger partial charge in [-0.1, -0.05) is 78.3 Å². The summed E-state index contributed by atoms with van der Waals surface area (Å²) in [6.07, 6.45) is 19.7. The zero-order valence-electron chi connectivity index (χ0n) is 84.1.